The summed E-state index contributed by atoms with van der Waals surface area (Å²) in [6, 6.07) is 0. The third-order valence-corrected chi connectivity index (χ3v) is 1.28. The van der Waals surface area contributed by atoms with E-state index in [-0.39, 0.29) is 12.8 Å². The molecule has 62 valence electrons. The van der Waals surface area contributed by atoms with Crippen LogP contribution in [0.15, 0.2) is 0 Å². The number of carboxylic acid groups (broad SMARTS) is 1. The topological polar surface area (TPSA) is 71.4 Å². The van der Waals surface area contributed by atoms with Crippen LogP contribution < -0.4 is 0 Å². The van der Waals surface area contributed by atoms with Gasteiger partial charge in [0.25, 0.3) is 0 Å². The molecule has 0 heterocycles. The summed E-state index contributed by atoms with van der Waals surface area (Å²) in [5, 5.41) is 8.27. The highest BCUT2D eigenvalue weighted by molar-refractivity contribution is 5.72. The molecule has 0 saturated heterocycles. The Kier molecular flexibility index (Phi) is 4.98. The van der Waals surface area contributed by atoms with Gasteiger partial charge in [0.2, 0.25) is 0 Å². The van der Waals surface area contributed by atoms with Gasteiger partial charge >= 0.3 is 5.97 Å². The summed E-state index contributed by atoms with van der Waals surface area (Å²) in [6.07, 6.45) is 1.66. The Hall–Kier alpha value is -1.19. The smallest absolute Gasteiger partial charge is 0.304 e. The third kappa shape index (κ3) is 5.26. The largest absolute Gasteiger partial charge is 0.481 e. The first-order valence-electron chi connectivity index (χ1n) is 3.31. The lowest BCUT2D eigenvalue weighted by molar-refractivity contribution is -0.139. The SMILES string of the molecule is O=CCCC(C=O)CC(=O)O. The molecule has 0 aliphatic rings. The standard InChI is InChI=1S/C7H10O4/c8-3-1-2-6(5-9)4-7(10)11/h3,5-6H,1-2,4H2,(H,10,11). The Labute approximate surface area is 64.2 Å². The van der Waals surface area contributed by atoms with Gasteiger partial charge in [0.1, 0.15) is 12.6 Å². The van der Waals surface area contributed by atoms with Gasteiger partial charge in [0, 0.05) is 12.3 Å². The maximum Gasteiger partial charge on any atom is 0.304 e. The maximum atomic E-state index is 10.2. The van der Waals surface area contributed by atoms with E-state index in [1.807, 2.05) is 0 Å². The Morgan fingerprint density at radius 1 is 1.45 bits per heavy atom. The molecule has 0 radical (unpaired) electrons. The van der Waals surface area contributed by atoms with Crippen LogP contribution in [-0.4, -0.2) is 23.6 Å². The van der Waals surface area contributed by atoms with E-state index in [0.717, 1.165) is 0 Å². The molecule has 0 aliphatic heterocycles. The maximum absolute atomic E-state index is 10.2. The van der Waals surface area contributed by atoms with E-state index in [1.165, 1.54) is 0 Å². The molecular formula is C7H10O4. The van der Waals surface area contributed by atoms with Crippen LogP contribution in [-0.2, 0) is 14.4 Å². The Morgan fingerprint density at radius 3 is 2.45 bits per heavy atom. The van der Waals surface area contributed by atoms with Crippen LogP contribution in [0.1, 0.15) is 19.3 Å². The molecule has 0 saturated carbocycles. The fourth-order valence-electron chi connectivity index (χ4n) is 0.725. The summed E-state index contributed by atoms with van der Waals surface area (Å²) in [5.41, 5.74) is 0. The number of carboxylic acids is 1. The molecule has 1 unspecified atom stereocenters. The summed E-state index contributed by atoms with van der Waals surface area (Å²) >= 11 is 0. The van der Waals surface area contributed by atoms with Crippen molar-refractivity contribution in [3.63, 3.8) is 0 Å². The van der Waals surface area contributed by atoms with Gasteiger partial charge in [-0.1, -0.05) is 0 Å². The number of hydrogen-bond donors (Lipinski definition) is 1. The van der Waals surface area contributed by atoms with Gasteiger partial charge in [-0.2, -0.15) is 0 Å². The van der Waals surface area contributed by atoms with Crippen LogP contribution in [0.25, 0.3) is 0 Å². The molecule has 0 aromatic rings. The van der Waals surface area contributed by atoms with Gasteiger partial charge < -0.3 is 14.7 Å². The van der Waals surface area contributed by atoms with Gasteiger partial charge in [0.15, 0.2) is 0 Å². The highest BCUT2D eigenvalue weighted by Crippen LogP contribution is 2.06. The van der Waals surface area contributed by atoms with Crippen molar-refractivity contribution < 1.29 is 19.5 Å². The number of aldehydes is 2. The van der Waals surface area contributed by atoms with E-state index in [4.69, 9.17) is 5.11 Å². The minimum atomic E-state index is -1.01. The van der Waals surface area contributed by atoms with E-state index < -0.39 is 11.9 Å². The molecule has 0 bridgehead atoms. The molecule has 4 heteroatoms. The highest BCUT2D eigenvalue weighted by atomic mass is 16.4. The Bertz CT molecular complexity index is 153. The van der Waals surface area contributed by atoms with Gasteiger partial charge in [-0.05, 0) is 6.42 Å². The predicted molar refractivity (Wildman–Crippen MR) is 37.1 cm³/mol. The van der Waals surface area contributed by atoms with Crippen LogP contribution in [0.5, 0.6) is 0 Å². The van der Waals surface area contributed by atoms with Crippen LogP contribution in [0.3, 0.4) is 0 Å². The van der Waals surface area contributed by atoms with E-state index in [2.05, 4.69) is 0 Å². The third-order valence-electron chi connectivity index (χ3n) is 1.28. The fourth-order valence-corrected chi connectivity index (χ4v) is 0.725. The average Bonchev–Trinajstić information content (AvgIpc) is 1.97. The molecule has 0 aliphatic carbocycles. The second-order valence-electron chi connectivity index (χ2n) is 2.24. The van der Waals surface area contributed by atoms with Crippen LogP contribution in [0.2, 0.25) is 0 Å². The van der Waals surface area contributed by atoms with E-state index >= 15 is 0 Å². The summed E-state index contributed by atoms with van der Waals surface area (Å²) in [5.74, 6) is -1.52. The molecule has 0 amide bonds. The molecule has 11 heavy (non-hydrogen) atoms. The second kappa shape index (κ2) is 5.58. The zero-order valence-corrected chi connectivity index (χ0v) is 6.03. The number of rotatable bonds is 6. The number of aliphatic carboxylic acids is 1. The minimum Gasteiger partial charge on any atom is -0.481 e. The fraction of sp³-hybridized carbons (Fsp3) is 0.571. The molecule has 1 N–H and O–H groups in total. The summed E-state index contributed by atoms with van der Waals surface area (Å²) < 4.78 is 0. The summed E-state index contributed by atoms with van der Waals surface area (Å²) in [7, 11) is 0. The zero-order chi connectivity index (χ0) is 8.69. The van der Waals surface area contributed by atoms with Gasteiger partial charge in [0.05, 0.1) is 6.42 Å². The number of carbonyl (C=O) groups is 3. The van der Waals surface area contributed by atoms with Gasteiger partial charge in [-0.25, -0.2) is 0 Å². The lowest BCUT2D eigenvalue weighted by atomic mass is 10.0. The van der Waals surface area contributed by atoms with Crippen molar-refractivity contribution in [2.24, 2.45) is 5.92 Å². The minimum absolute atomic E-state index is 0.183. The second-order valence-corrected chi connectivity index (χ2v) is 2.24. The van der Waals surface area contributed by atoms with E-state index in [0.29, 0.717) is 19.0 Å². The van der Waals surface area contributed by atoms with E-state index in [9.17, 15) is 14.4 Å². The lowest BCUT2D eigenvalue weighted by Crippen LogP contribution is -2.09. The first-order chi connectivity index (χ1) is 5.20. The van der Waals surface area contributed by atoms with Crippen molar-refractivity contribution in [1.29, 1.82) is 0 Å². The molecule has 0 fully saturated rings. The Morgan fingerprint density at radius 2 is 2.09 bits per heavy atom. The van der Waals surface area contributed by atoms with Crippen molar-refractivity contribution in [2.45, 2.75) is 19.3 Å². The molecule has 1 atom stereocenters. The zero-order valence-electron chi connectivity index (χ0n) is 6.03. The van der Waals surface area contributed by atoms with Crippen molar-refractivity contribution in [2.75, 3.05) is 0 Å². The van der Waals surface area contributed by atoms with Crippen LogP contribution in [0, 0.1) is 5.92 Å². The van der Waals surface area contributed by atoms with Crippen LogP contribution >= 0.6 is 0 Å². The van der Waals surface area contributed by atoms with Crippen molar-refractivity contribution in [3.05, 3.63) is 0 Å². The monoisotopic (exact) mass is 158 g/mol. The Balaban J connectivity index is 3.65. The first kappa shape index (κ1) is 9.81. The molecule has 0 spiro atoms. The number of hydrogen-bond acceptors (Lipinski definition) is 3. The van der Waals surface area contributed by atoms with Crippen LogP contribution in [0.4, 0.5) is 0 Å². The van der Waals surface area contributed by atoms with Crippen molar-refractivity contribution >= 4 is 18.5 Å². The first-order valence-corrected chi connectivity index (χ1v) is 3.31. The van der Waals surface area contributed by atoms with Gasteiger partial charge in [-0.3, -0.25) is 4.79 Å². The number of carbonyl (C=O) groups excluding carboxylic acids is 2. The molecule has 0 rings (SSSR count). The lowest BCUT2D eigenvalue weighted by Gasteiger charge is -2.02. The van der Waals surface area contributed by atoms with Gasteiger partial charge in [-0.15, -0.1) is 0 Å². The van der Waals surface area contributed by atoms with Crippen molar-refractivity contribution in [1.82, 2.24) is 0 Å². The highest BCUT2D eigenvalue weighted by Gasteiger charge is 2.10. The summed E-state index contributed by atoms with van der Waals surface area (Å²) in [4.78, 5) is 30.1. The van der Waals surface area contributed by atoms with Crippen molar-refractivity contribution in [3.8, 4) is 0 Å². The molecule has 0 aromatic carbocycles. The quantitative estimate of drug-likeness (QED) is 0.562. The van der Waals surface area contributed by atoms with E-state index in [1.54, 1.807) is 0 Å². The predicted octanol–water partition coefficient (Wildman–Crippen LogP) is 0.255. The normalized spacial score (nSPS) is 12.0. The average molecular weight is 158 g/mol. The summed E-state index contributed by atoms with van der Waals surface area (Å²) in [6.45, 7) is 0. The molecule has 0 aromatic heterocycles. The molecule has 4 nitrogen and oxygen atoms in total. The molecular weight excluding hydrogens is 148 g/mol.